The second kappa shape index (κ2) is 26.6. The van der Waals surface area contributed by atoms with Gasteiger partial charge in [-0.1, -0.05) is 23.8 Å². The molecule has 5 heterocycles. The van der Waals surface area contributed by atoms with Crippen LogP contribution in [-0.4, -0.2) is 73.9 Å². The number of benzene rings is 5. The number of aromatic amines is 1. The van der Waals surface area contributed by atoms with Crippen molar-refractivity contribution in [3.05, 3.63) is 191 Å². The number of nitrogens with zero attached hydrogens (tertiary/aromatic N) is 4. The number of halogens is 6. The molecule has 10 aromatic rings. The number of thioether (sulfide) groups is 3. The van der Waals surface area contributed by atoms with Crippen molar-refractivity contribution in [2.75, 3.05) is 6.61 Å². The molecule has 0 aliphatic heterocycles. The number of esters is 1. The molecular weight excluding hydrogens is 1170 g/mol. The molecular formula is C62H51ClF5N5O6S4. The molecule has 3 aliphatic carbocycles. The number of carboxylic acids is 2. The molecule has 3 fully saturated rings. The highest BCUT2D eigenvalue weighted by molar-refractivity contribution is 8.02. The fraction of sp³-hybridized carbons (Fsp3) is 0.226. The highest BCUT2D eigenvalue weighted by atomic mass is 35.5. The van der Waals surface area contributed by atoms with Gasteiger partial charge in [0.1, 0.15) is 43.3 Å². The number of fused-ring (bicyclic) bond motifs is 5. The summed E-state index contributed by atoms with van der Waals surface area (Å²) in [5.74, 6) is -3.25. The van der Waals surface area contributed by atoms with Gasteiger partial charge in [-0.15, -0.1) is 35.3 Å². The highest BCUT2D eigenvalue weighted by Gasteiger charge is 2.48. The van der Waals surface area contributed by atoms with E-state index in [1.807, 2.05) is 13.0 Å². The van der Waals surface area contributed by atoms with E-state index in [9.17, 15) is 46.5 Å². The molecule has 3 N–H and O–H groups in total. The number of nitrogens with one attached hydrogen (secondary N) is 1. The Bertz CT molecular complexity index is 4000. The average Bonchev–Trinajstić information content (AvgIpc) is 3.51. The van der Waals surface area contributed by atoms with E-state index in [2.05, 4.69) is 24.9 Å². The lowest BCUT2D eigenvalue weighted by atomic mass is 9.84. The fourth-order valence-electron chi connectivity index (χ4n) is 9.23. The van der Waals surface area contributed by atoms with Gasteiger partial charge < -0.3 is 19.9 Å². The third-order valence-corrected chi connectivity index (χ3v) is 19.5. The lowest BCUT2D eigenvalue weighted by Crippen LogP contribution is -2.43. The van der Waals surface area contributed by atoms with Crippen molar-refractivity contribution in [2.24, 2.45) is 0 Å². The van der Waals surface area contributed by atoms with Gasteiger partial charge in [-0.05, 0) is 186 Å². The number of rotatable bonds is 10. The molecule has 0 saturated heterocycles. The maximum atomic E-state index is 13.5. The predicted octanol–water partition coefficient (Wildman–Crippen LogP) is 17.0. The summed E-state index contributed by atoms with van der Waals surface area (Å²) in [4.78, 5) is 57.1. The third kappa shape index (κ3) is 14.1. The van der Waals surface area contributed by atoms with Gasteiger partial charge in [-0.3, -0.25) is 34.3 Å². The van der Waals surface area contributed by atoms with Crippen LogP contribution in [0.2, 0.25) is 5.02 Å². The van der Waals surface area contributed by atoms with Gasteiger partial charge in [-0.25, -0.2) is 22.0 Å². The second-order valence-corrected chi connectivity index (χ2v) is 24.7. The molecule has 0 bridgehead atoms. The Hall–Kier alpha value is -7.23. The summed E-state index contributed by atoms with van der Waals surface area (Å²) in [6.07, 6.45) is 15.4. The summed E-state index contributed by atoms with van der Waals surface area (Å²) in [6, 6.07) is 30.9. The van der Waals surface area contributed by atoms with E-state index >= 15 is 0 Å². The first-order valence-corrected chi connectivity index (χ1v) is 29.4. The van der Waals surface area contributed by atoms with Crippen LogP contribution in [0, 0.1) is 33.6 Å². The number of carbonyl (C=O) groups excluding carboxylic acids is 1. The smallest absolute Gasteiger partial charge is 0.322 e. The van der Waals surface area contributed by atoms with E-state index < -0.39 is 26.2 Å². The molecule has 83 heavy (non-hydrogen) atoms. The van der Waals surface area contributed by atoms with Crippen molar-refractivity contribution in [3.63, 3.8) is 0 Å². The van der Waals surface area contributed by atoms with Crippen LogP contribution in [0.4, 0.5) is 22.0 Å². The summed E-state index contributed by atoms with van der Waals surface area (Å²) in [6.45, 7) is 2.19. The van der Waals surface area contributed by atoms with Gasteiger partial charge in [-0.2, -0.15) is 0 Å². The van der Waals surface area contributed by atoms with Crippen molar-refractivity contribution < 1.29 is 51.3 Å². The lowest BCUT2D eigenvalue weighted by Gasteiger charge is -2.38. The van der Waals surface area contributed by atoms with E-state index in [1.165, 1.54) is 95.9 Å². The van der Waals surface area contributed by atoms with Crippen LogP contribution >= 0.6 is 59.1 Å². The van der Waals surface area contributed by atoms with E-state index in [1.54, 1.807) is 85.6 Å². The Morgan fingerprint density at radius 1 is 0.518 bits per heavy atom. The summed E-state index contributed by atoms with van der Waals surface area (Å²) in [5, 5.41) is 22.8. The Morgan fingerprint density at radius 3 is 1.24 bits per heavy atom. The Labute approximate surface area is 495 Å². The molecule has 0 amide bonds. The van der Waals surface area contributed by atoms with E-state index in [-0.39, 0.29) is 35.1 Å². The Morgan fingerprint density at radius 2 is 0.867 bits per heavy atom. The predicted molar refractivity (Wildman–Crippen MR) is 320 cm³/mol. The van der Waals surface area contributed by atoms with Crippen LogP contribution < -0.4 is 0 Å². The molecule has 0 unspecified atom stereocenters. The molecule has 3 aliphatic rings. The van der Waals surface area contributed by atoms with Gasteiger partial charge >= 0.3 is 17.9 Å². The number of carboxylic acid groups (broad SMARTS) is 2. The zero-order valence-corrected chi connectivity index (χ0v) is 48.2. The zero-order chi connectivity index (χ0) is 58.9. The molecule has 13 rings (SSSR count). The second-order valence-electron chi connectivity index (χ2n) is 19.6. The van der Waals surface area contributed by atoms with Gasteiger partial charge in [0.2, 0.25) is 0 Å². The monoisotopic (exact) mass is 1220 g/mol. The number of aliphatic carboxylic acids is 2. The van der Waals surface area contributed by atoms with Crippen LogP contribution in [-0.2, 0) is 19.1 Å². The number of hydrogen-bond acceptors (Lipinski definition) is 12. The molecule has 5 aromatic carbocycles. The number of pyridine rings is 5. The van der Waals surface area contributed by atoms with Crippen LogP contribution in [0.25, 0.3) is 54.5 Å². The molecule has 0 atom stereocenters. The number of H-pyrrole nitrogens is 1. The van der Waals surface area contributed by atoms with Crippen molar-refractivity contribution in [1.82, 2.24) is 24.9 Å². The maximum absolute atomic E-state index is 13.5. The average molecular weight is 1220 g/mol. The molecule has 0 radical (unpaired) electrons. The summed E-state index contributed by atoms with van der Waals surface area (Å²) >= 11 is 15.0. The minimum atomic E-state index is -0.787. The number of carbonyl (C=O) groups is 3. The van der Waals surface area contributed by atoms with Gasteiger partial charge in [0.05, 0.1) is 33.7 Å². The van der Waals surface area contributed by atoms with Crippen molar-refractivity contribution in [3.8, 4) is 0 Å². The topological polar surface area (TPSA) is 168 Å². The van der Waals surface area contributed by atoms with Crippen molar-refractivity contribution in [1.29, 1.82) is 0 Å². The third-order valence-electron chi connectivity index (χ3n) is 14.2. The van der Waals surface area contributed by atoms with Crippen LogP contribution in [0.5, 0.6) is 0 Å². The largest absolute Gasteiger partial charge is 0.480 e. The standard InChI is InChI=1S/C16H16FNO2S.2C14H12FNO2S.C9H5ClFN.C9H6FNS/c1-2-20-15(19)16(7-3-8-16)21-14-6-9-18-13-5-4-11(17)10-12(13)14;2*15-9-2-3-11-10(8-9)12(4-7-16-11)19-14(13(17)18)5-1-6-14;10-8-3-4-12-9-2-1-6(11)5-7(8)9;10-6-1-2-8-7(5-6)9(12)3-4-11-8/h4-6,9-10H,2-3,7-8H2,1H3;2*2-4,7-8H,1,5-6H2,(H,17,18);1-5H;1-5H,(H,11,12). The maximum Gasteiger partial charge on any atom is 0.322 e. The normalized spacial score (nSPS) is 15.0. The molecule has 11 nitrogen and oxygen atoms in total. The van der Waals surface area contributed by atoms with Crippen LogP contribution in [0.15, 0.2) is 167 Å². The number of hydrogen-bond donors (Lipinski definition) is 3. The zero-order valence-electron chi connectivity index (χ0n) is 44.2. The Balaban J connectivity index is 0.000000127. The summed E-state index contributed by atoms with van der Waals surface area (Å²) < 4.78 is 69.5. The minimum absolute atomic E-state index is 0.164. The van der Waals surface area contributed by atoms with Crippen molar-refractivity contribution >= 4 is 132 Å². The SMILES string of the molecule is CCOC(=O)C1(Sc2ccnc3ccc(F)cc23)CCC1.Fc1ccc2[nH]ccc(=S)c2c1.Fc1ccc2nccc(Cl)c2c1.O=C(O)C1(Sc2ccnc3ccc(F)cc23)CCC1.O=C(O)C1(Sc2ccnc3ccc(F)cc23)CCC1. The van der Waals surface area contributed by atoms with E-state index in [0.717, 1.165) is 68.6 Å². The van der Waals surface area contributed by atoms with Crippen LogP contribution in [0.3, 0.4) is 0 Å². The number of ether oxygens (including phenoxy) is 1. The molecule has 5 aromatic heterocycles. The van der Waals surface area contributed by atoms with Crippen LogP contribution in [0.1, 0.15) is 64.7 Å². The summed E-state index contributed by atoms with van der Waals surface area (Å²) in [5.41, 5.74) is 3.69. The Kier molecular flexibility index (Phi) is 19.3. The molecule has 0 spiro atoms. The van der Waals surface area contributed by atoms with E-state index in [0.29, 0.717) is 74.5 Å². The molecule has 21 heteroatoms. The molecule has 3 saturated carbocycles. The fourth-order valence-corrected chi connectivity index (χ4v) is 13.9. The summed E-state index contributed by atoms with van der Waals surface area (Å²) in [7, 11) is 0. The van der Waals surface area contributed by atoms with Gasteiger partial charge in [0.25, 0.3) is 0 Å². The highest BCUT2D eigenvalue weighted by Crippen LogP contribution is 2.52. The van der Waals surface area contributed by atoms with Gasteiger partial charge in [0.15, 0.2) is 0 Å². The first-order valence-electron chi connectivity index (χ1n) is 26.2. The van der Waals surface area contributed by atoms with Gasteiger partial charge in [0, 0.05) is 82.6 Å². The minimum Gasteiger partial charge on any atom is -0.480 e. The lowest BCUT2D eigenvalue weighted by molar-refractivity contribution is -0.148. The number of aromatic nitrogens is 5. The quantitative estimate of drug-likeness (QED) is 0.0672. The first kappa shape index (κ1) is 60.4. The van der Waals surface area contributed by atoms with E-state index in [4.69, 9.17) is 28.6 Å². The molecule has 426 valence electrons. The first-order chi connectivity index (χ1) is 39.9. The van der Waals surface area contributed by atoms with Crippen molar-refractivity contribution in [2.45, 2.75) is 93.6 Å².